The van der Waals surface area contributed by atoms with Gasteiger partial charge in [0.05, 0.1) is 0 Å². The summed E-state index contributed by atoms with van der Waals surface area (Å²) in [6.45, 7) is 0. The fraction of sp³-hybridized carbons (Fsp3) is 0.0476. The zero-order valence-corrected chi connectivity index (χ0v) is 11.6. The number of rotatable bonds is 0. The first-order chi connectivity index (χ1) is 10.4. The lowest BCUT2D eigenvalue weighted by Crippen LogP contribution is -2.06. The van der Waals surface area contributed by atoms with Crippen molar-refractivity contribution in [3.05, 3.63) is 94.6 Å². The van der Waals surface area contributed by atoms with Crippen molar-refractivity contribution >= 4 is 22.9 Å². The lowest BCUT2D eigenvalue weighted by molar-refractivity contribution is 0.996. The first-order valence-corrected chi connectivity index (χ1v) is 7.42. The quantitative estimate of drug-likeness (QED) is 0.511. The van der Waals surface area contributed by atoms with Gasteiger partial charge in [0.25, 0.3) is 0 Å². The molecule has 1 atom stereocenters. The van der Waals surface area contributed by atoms with E-state index >= 15 is 0 Å². The van der Waals surface area contributed by atoms with Crippen LogP contribution in [0.1, 0.15) is 28.2 Å². The summed E-state index contributed by atoms with van der Waals surface area (Å²) in [6.07, 6.45) is 6.90. The predicted octanol–water partition coefficient (Wildman–Crippen LogP) is 5.40. The number of benzene rings is 3. The third kappa shape index (κ3) is 1.45. The second-order valence-corrected chi connectivity index (χ2v) is 5.83. The molecule has 5 rings (SSSR count). The van der Waals surface area contributed by atoms with E-state index in [1.54, 1.807) is 0 Å². The Morgan fingerprint density at radius 3 is 2.52 bits per heavy atom. The van der Waals surface area contributed by atoms with Gasteiger partial charge in [0.1, 0.15) is 0 Å². The number of hydrogen-bond donors (Lipinski definition) is 0. The maximum absolute atomic E-state index is 2.33. The molecule has 0 saturated carbocycles. The fourth-order valence-corrected chi connectivity index (χ4v) is 3.77. The number of hydrogen-bond acceptors (Lipinski definition) is 0. The molecule has 2 aliphatic carbocycles. The van der Waals surface area contributed by atoms with Crippen LogP contribution in [0.2, 0.25) is 0 Å². The molecule has 3 aromatic carbocycles. The molecule has 2 aliphatic rings. The Hall–Kier alpha value is -2.60. The normalized spacial score (nSPS) is 18.1. The minimum atomic E-state index is 0.408. The summed E-state index contributed by atoms with van der Waals surface area (Å²) in [5.41, 5.74) is 7.04. The third-order valence-electron chi connectivity index (χ3n) is 4.72. The lowest BCUT2D eigenvalue weighted by Gasteiger charge is -2.23. The molecule has 0 saturated heterocycles. The maximum Gasteiger partial charge on any atom is 0.0352 e. The summed E-state index contributed by atoms with van der Waals surface area (Å²) in [4.78, 5) is 0. The number of allylic oxidation sites excluding steroid dienone is 2. The summed E-state index contributed by atoms with van der Waals surface area (Å²) in [6, 6.07) is 22.0. The van der Waals surface area contributed by atoms with Crippen LogP contribution in [-0.2, 0) is 0 Å². The minimum absolute atomic E-state index is 0.408. The van der Waals surface area contributed by atoms with Gasteiger partial charge < -0.3 is 0 Å². The van der Waals surface area contributed by atoms with Crippen LogP contribution in [0.15, 0.2) is 72.3 Å². The molecular weight excluding hydrogens is 252 g/mol. The van der Waals surface area contributed by atoms with E-state index in [0.29, 0.717) is 5.92 Å². The SMILES string of the molecule is C1=Cc2c(ccc3ccccc23)C2C1=Cc1ccccc12. The van der Waals surface area contributed by atoms with Gasteiger partial charge in [0.15, 0.2) is 0 Å². The van der Waals surface area contributed by atoms with Crippen molar-refractivity contribution in [2.24, 2.45) is 0 Å². The van der Waals surface area contributed by atoms with Crippen LogP contribution in [0.3, 0.4) is 0 Å². The van der Waals surface area contributed by atoms with E-state index in [2.05, 4.69) is 78.9 Å². The van der Waals surface area contributed by atoms with Gasteiger partial charge in [-0.3, -0.25) is 0 Å². The first-order valence-electron chi connectivity index (χ1n) is 7.42. The van der Waals surface area contributed by atoms with E-state index in [9.17, 15) is 0 Å². The van der Waals surface area contributed by atoms with Gasteiger partial charge in [-0.15, -0.1) is 0 Å². The van der Waals surface area contributed by atoms with Gasteiger partial charge in [-0.2, -0.15) is 0 Å². The smallest absolute Gasteiger partial charge is 0.0352 e. The Bertz CT molecular complexity index is 941. The van der Waals surface area contributed by atoms with Gasteiger partial charge in [-0.25, -0.2) is 0 Å². The molecule has 0 spiro atoms. The molecule has 0 amide bonds. The molecule has 0 bridgehead atoms. The van der Waals surface area contributed by atoms with E-state index in [-0.39, 0.29) is 0 Å². The van der Waals surface area contributed by atoms with Gasteiger partial charge in [-0.1, -0.05) is 78.9 Å². The number of fused-ring (bicyclic) bond motifs is 7. The molecule has 0 radical (unpaired) electrons. The summed E-state index contributed by atoms with van der Waals surface area (Å²) < 4.78 is 0. The highest BCUT2D eigenvalue weighted by Crippen LogP contribution is 2.46. The molecule has 1 unspecified atom stereocenters. The molecule has 0 aliphatic heterocycles. The van der Waals surface area contributed by atoms with Crippen LogP contribution in [0, 0.1) is 0 Å². The van der Waals surface area contributed by atoms with Crippen LogP contribution in [0.4, 0.5) is 0 Å². The second-order valence-electron chi connectivity index (χ2n) is 5.83. The first kappa shape index (κ1) is 11.1. The van der Waals surface area contributed by atoms with E-state index < -0.39 is 0 Å². The summed E-state index contributed by atoms with van der Waals surface area (Å²) in [7, 11) is 0. The van der Waals surface area contributed by atoms with Crippen molar-refractivity contribution in [1.29, 1.82) is 0 Å². The molecule has 0 N–H and O–H groups in total. The second kappa shape index (κ2) is 3.95. The average molecular weight is 266 g/mol. The highest BCUT2D eigenvalue weighted by molar-refractivity contribution is 5.95. The van der Waals surface area contributed by atoms with Crippen molar-refractivity contribution in [3.63, 3.8) is 0 Å². The topological polar surface area (TPSA) is 0 Å². The zero-order valence-electron chi connectivity index (χ0n) is 11.6. The molecule has 21 heavy (non-hydrogen) atoms. The van der Waals surface area contributed by atoms with Crippen LogP contribution in [-0.4, -0.2) is 0 Å². The fourth-order valence-electron chi connectivity index (χ4n) is 3.77. The van der Waals surface area contributed by atoms with Crippen molar-refractivity contribution in [3.8, 4) is 0 Å². The Balaban J connectivity index is 1.84. The summed E-state index contributed by atoms with van der Waals surface area (Å²) >= 11 is 0. The Kier molecular flexibility index (Phi) is 2.09. The minimum Gasteiger partial charge on any atom is -0.0619 e. The van der Waals surface area contributed by atoms with Crippen molar-refractivity contribution in [2.75, 3.05) is 0 Å². The highest BCUT2D eigenvalue weighted by atomic mass is 14.3. The van der Waals surface area contributed by atoms with E-state index in [1.807, 2.05) is 0 Å². The monoisotopic (exact) mass is 266 g/mol. The largest absolute Gasteiger partial charge is 0.0619 e. The Labute approximate surface area is 124 Å². The summed E-state index contributed by atoms with van der Waals surface area (Å²) in [5.74, 6) is 0.408. The molecule has 0 aromatic heterocycles. The van der Waals surface area contributed by atoms with Crippen LogP contribution < -0.4 is 0 Å². The van der Waals surface area contributed by atoms with E-state index in [4.69, 9.17) is 0 Å². The van der Waals surface area contributed by atoms with Gasteiger partial charge in [-0.05, 0) is 38.6 Å². The average Bonchev–Trinajstić information content (AvgIpc) is 2.93. The zero-order chi connectivity index (χ0) is 13.8. The van der Waals surface area contributed by atoms with E-state index in [0.717, 1.165) is 0 Å². The third-order valence-corrected chi connectivity index (χ3v) is 4.72. The van der Waals surface area contributed by atoms with Crippen LogP contribution in [0.5, 0.6) is 0 Å². The van der Waals surface area contributed by atoms with Crippen LogP contribution >= 0.6 is 0 Å². The van der Waals surface area contributed by atoms with Crippen molar-refractivity contribution < 1.29 is 0 Å². The predicted molar refractivity (Wildman–Crippen MR) is 89.2 cm³/mol. The molecule has 0 fully saturated rings. The molecule has 3 aromatic rings. The van der Waals surface area contributed by atoms with E-state index in [1.165, 1.54) is 38.6 Å². The molecule has 0 heterocycles. The Morgan fingerprint density at radius 2 is 1.52 bits per heavy atom. The van der Waals surface area contributed by atoms with Crippen molar-refractivity contribution in [1.82, 2.24) is 0 Å². The molecule has 0 nitrogen and oxygen atoms in total. The lowest BCUT2D eigenvalue weighted by atomic mass is 9.80. The van der Waals surface area contributed by atoms with Gasteiger partial charge >= 0.3 is 0 Å². The highest BCUT2D eigenvalue weighted by Gasteiger charge is 2.29. The molecule has 98 valence electrons. The summed E-state index contributed by atoms with van der Waals surface area (Å²) in [5, 5.41) is 2.68. The molecule has 0 heteroatoms. The van der Waals surface area contributed by atoms with Gasteiger partial charge in [0.2, 0.25) is 0 Å². The van der Waals surface area contributed by atoms with Crippen molar-refractivity contribution in [2.45, 2.75) is 5.92 Å². The Morgan fingerprint density at radius 1 is 0.667 bits per heavy atom. The molecular formula is C21H14. The van der Waals surface area contributed by atoms with Gasteiger partial charge in [0, 0.05) is 5.92 Å². The standard InChI is InChI=1S/C21H14/c1-3-7-17-14(5-1)9-12-20-19(17)11-10-16-13-15-6-2-4-8-18(15)21(16)20/h1-13,21H. The maximum atomic E-state index is 2.33. The van der Waals surface area contributed by atoms with Crippen LogP contribution in [0.25, 0.3) is 22.9 Å².